The molecule has 172 valence electrons. The van der Waals surface area contributed by atoms with Gasteiger partial charge in [-0.05, 0) is 28.5 Å². The van der Waals surface area contributed by atoms with Crippen molar-refractivity contribution in [2.24, 2.45) is 0 Å². The monoisotopic (exact) mass is 466 g/mol. The number of amides is 2. The molecule has 2 N–H and O–H groups in total. The molecule has 0 radical (unpaired) electrons. The summed E-state index contributed by atoms with van der Waals surface area (Å²) in [4.78, 5) is 39.4. The number of fused-ring (bicyclic) bond motifs is 1. The van der Waals surface area contributed by atoms with Crippen LogP contribution in [0.5, 0.6) is 0 Å². The lowest BCUT2D eigenvalue weighted by Crippen LogP contribution is -2.74. The van der Waals surface area contributed by atoms with Crippen molar-refractivity contribution >= 4 is 29.5 Å². The Morgan fingerprint density at radius 1 is 1.09 bits per heavy atom. The molecule has 7 nitrogen and oxygen atoms in total. The lowest BCUT2D eigenvalue weighted by Gasteiger charge is -2.52. The van der Waals surface area contributed by atoms with Crippen LogP contribution in [0, 0.1) is 0 Å². The lowest BCUT2D eigenvalue weighted by molar-refractivity contribution is -0.166. The molecule has 1 saturated heterocycles. The largest absolute Gasteiger partial charge is 0.451 e. The minimum absolute atomic E-state index is 0.315. The summed E-state index contributed by atoms with van der Waals surface area (Å²) < 4.78 is 6.02. The zero-order valence-corrected chi connectivity index (χ0v) is 19.2. The van der Waals surface area contributed by atoms with Gasteiger partial charge in [-0.3, -0.25) is 9.59 Å². The summed E-state index contributed by atoms with van der Waals surface area (Å²) >= 11 is 1.31. The second-order valence-electron chi connectivity index (χ2n) is 8.03. The van der Waals surface area contributed by atoms with Crippen molar-refractivity contribution in [2.45, 2.75) is 49.9 Å². The van der Waals surface area contributed by atoms with Gasteiger partial charge in [-0.2, -0.15) is 0 Å². The number of thioether (sulfide) groups is 1. The Bertz CT molecular complexity index is 1020. The van der Waals surface area contributed by atoms with Gasteiger partial charge >= 0.3 is 5.97 Å². The molecule has 4 atom stereocenters. The quantitative estimate of drug-likeness (QED) is 0.481. The number of rotatable bonds is 7. The molecule has 1 fully saturated rings. The van der Waals surface area contributed by atoms with Gasteiger partial charge in [0, 0.05) is 6.92 Å². The summed E-state index contributed by atoms with van der Waals surface area (Å²) in [6.07, 6.45) is -1.18. The molecule has 3 unspecified atom stereocenters. The van der Waals surface area contributed by atoms with Crippen molar-refractivity contribution in [1.82, 2.24) is 10.2 Å². The summed E-state index contributed by atoms with van der Waals surface area (Å²) in [6.45, 7) is 3.15. The van der Waals surface area contributed by atoms with E-state index in [-0.39, 0.29) is 11.8 Å². The molecule has 0 bridgehead atoms. The van der Waals surface area contributed by atoms with Crippen molar-refractivity contribution in [2.75, 3.05) is 0 Å². The molecule has 0 aliphatic carbocycles. The molecule has 0 aromatic heterocycles. The van der Waals surface area contributed by atoms with Gasteiger partial charge in [-0.25, -0.2) is 4.79 Å². The lowest BCUT2D eigenvalue weighted by atomic mass is 9.93. The van der Waals surface area contributed by atoms with E-state index in [1.807, 2.05) is 60.7 Å². The zero-order valence-electron chi connectivity index (χ0n) is 18.4. The summed E-state index contributed by atoms with van der Waals surface area (Å²) in [6, 6.07) is 17.0. The van der Waals surface area contributed by atoms with E-state index in [0.717, 1.165) is 11.1 Å². The molecule has 0 saturated carbocycles. The van der Waals surface area contributed by atoms with E-state index in [4.69, 9.17) is 4.74 Å². The minimum Gasteiger partial charge on any atom is -0.451 e. The molecular formula is C25H26N2O5S. The predicted octanol–water partition coefficient (Wildman–Crippen LogP) is 2.76. The Morgan fingerprint density at radius 2 is 1.67 bits per heavy atom. The highest BCUT2D eigenvalue weighted by Crippen LogP contribution is 2.42. The van der Waals surface area contributed by atoms with E-state index in [0.29, 0.717) is 12.0 Å². The van der Waals surface area contributed by atoms with Gasteiger partial charge in [0.15, 0.2) is 12.1 Å². The Balaban J connectivity index is 1.66. The van der Waals surface area contributed by atoms with E-state index >= 15 is 0 Å². The van der Waals surface area contributed by atoms with Gasteiger partial charge < -0.3 is 20.1 Å². The first-order chi connectivity index (χ1) is 15.9. The van der Waals surface area contributed by atoms with Crippen LogP contribution in [0.2, 0.25) is 0 Å². The van der Waals surface area contributed by atoms with Gasteiger partial charge in [0.1, 0.15) is 11.4 Å². The summed E-state index contributed by atoms with van der Waals surface area (Å²) in [5.41, 5.74) is 2.02. The smallest absolute Gasteiger partial charge is 0.334 e. The Kier molecular flexibility index (Phi) is 6.85. The van der Waals surface area contributed by atoms with Gasteiger partial charge in [0.05, 0.1) is 6.10 Å². The average Bonchev–Trinajstić information content (AvgIpc) is 2.85. The van der Waals surface area contributed by atoms with Crippen LogP contribution >= 0.6 is 11.8 Å². The molecule has 4 rings (SSSR count). The maximum absolute atomic E-state index is 13.6. The number of benzene rings is 2. The third kappa shape index (κ3) is 4.54. The Morgan fingerprint density at radius 3 is 2.18 bits per heavy atom. The molecule has 2 aliphatic rings. The Labute approximate surface area is 196 Å². The highest BCUT2D eigenvalue weighted by atomic mass is 32.2. The van der Waals surface area contributed by atoms with Crippen molar-refractivity contribution < 1.29 is 24.2 Å². The number of aliphatic hydroxyl groups is 1. The van der Waals surface area contributed by atoms with E-state index in [1.165, 1.54) is 23.6 Å². The molecule has 2 heterocycles. The molecule has 8 heteroatoms. The fourth-order valence-corrected chi connectivity index (χ4v) is 5.42. The molecule has 2 amide bonds. The zero-order chi connectivity index (χ0) is 23.5. The number of hydrogen-bond acceptors (Lipinski definition) is 6. The fraction of sp³-hybridized carbons (Fsp3) is 0.320. The maximum Gasteiger partial charge on any atom is 0.334 e. The highest BCUT2D eigenvalue weighted by molar-refractivity contribution is 8.03. The van der Waals surface area contributed by atoms with E-state index in [9.17, 15) is 19.5 Å². The van der Waals surface area contributed by atoms with Gasteiger partial charge in [0.25, 0.3) is 0 Å². The second-order valence-corrected chi connectivity index (χ2v) is 9.02. The minimum atomic E-state index is -1.06. The maximum atomic E-state index is 13.6. The number of esters is 1. The number of hydrogen-bond donors (Lipinski definition) is 2. The van der Waals surface area contributed by atoms with Crippen molar-refractivity contribution in [3.05, 3.63) is 82.8 Å². The fourth-order valence-electron chi connectivity index (χ4n) is 4.14. The van der Waals surface area contributed by atoms with E-state index in [2.05, 4.69) is 5.32 Å². The van der Waals surface area contributed by atoms with Crippen LogP contribution in [0.4, 0.5) is 0 Å². The Hall–Kier alpha value is -3.10. The van der Waals surface area contributed by atoms with E-state index in [1.54, 1.807) is 12.3 Å². The first kappa shape index (κ1) is 23.1. The summed E-state index contributed by atoms with van der Waals surface area (Å²) in [7, 11) is 0. The van der Waals surface area contributed by atoms with E-state index < -0.39 is 35.6 Å². The number of β-lactam (4-membered cyclic amide) rings is 1. The van der Waals surface area contributed by atoms with Crippen LogP contribution in [0.15, 0.2) is 71.6 Å². The van der Waals surface area contributed by atoms with Crippen molar-refractivity contribution in [3.63, 3.8) is 0 Å². The second kappa shape index (κ2) is 9.80. The average molecular weight is 467 g/mol. The van der Waals surface area contributed by atoms with Gasteiger partial charge in [-0.15, -0.1) is 11.8 Å². The summed E-state index contributed by atoms with van der Waals surface area (Å²) in [5, 5.41) is 14.5. The van der Waals surface area contributed by atoms with Crippen LogP contribution in [0.1, 0.15) is 37.5 Å². The van der Waals surface area contributed by atoms with Crippen LogP contribution < -0.4 is 5.32 Å². The van der Waals surface area contributed by atoms with Crippen LogP contribution in [0.3, 0.4) is 0 Å². The number of carbonyl (C=O) groups is 3. The molecular weight excluding hydrogens is 440 g/mol. The van der Waals surface area contributed by atoms with Gasteiger partial charge in [-0.1, -0.05) is 67.6 Å². The molecule has 33 heavy (non-hydrogen) atoms. The topological polar surface area (TPSA) is 95.9 Å². The third-order valence-corrected chi connectivity index (χ3v) is 7.00. The number of nitrogens with zero attached hydrogens (tertiary/aromatic N) is 1. The first-order valence-electron chi connectivity index (χ1n) is 10.9. The molecule has 2 aliphatic heterocycles. The van der Waals surface area contributed by atoms with Crippen LogP contribution in [-0.2, 0) is 19.1 Å². The number of aliphatic hydroxyl groups excluding tert-OH is 1. The number of nitrogens with one attached hydrogen (secondary N) is 1. The van der Waals surface area contributed by atoms with Gasteiger partial charge in [0.2, 0.25) is 11.8 Å². The van der Waals surface area contributed by atoms with Crippen LogP contribution in [0.25, 0.3) is 0 Å². The van der Waals surface area contributed by atoms with Crippen LogP contribution in [-0.4, -0.2) is 51.4 Å². The normalized spacial score (nSPS) is 22.7. The predicted molar refractivity (Wildman–Crippen MR) is 125 cm³/mol. The van der Waals surface area contributed by atoms with Crippen molar-refractivity contribution in [1.29, 1.82) is 0 Å². The standard InChI is InChI=1S/C25H26N2O5S/c1-3-19(29)18-14-33-24-20(26-15(2)28)23(30)27(24)21(18)25(31)32-22(16-10-6-4-7-11-16)17-12-8-5-9-13-17/h4-14,19-22,24,29H,3H2,1-2H3,(H,26,28)/t19?,20?,21?,24-/m0/s1. The molecule has 2 aromatic carbocycles. The molecule has 0 spiro atoms. The highest BCUT2D eigenvalue weighted by Gasteiger charge is 2.56. The first-order valence-corrected chi connectivity index (χ1v) is 11.8. The number of ether oxygens (including phenoxy) is 1. The third-order valence-electron chi connectivity index (χ3n) is 5.81. The molecule has 2 aromatic rings. The van der Waals surface area contributed by atoms with Crippen molar-refractivity contribution in [3.8, 4) is 0 Å². The SMILES string of the molecule is CCC(O)C1=CS[C@H]2C(NC(C)=O)C(=O)N2C1C(=O)OC(c1ccccc1)c1ccccc1. The number of carbonyl (C=O) groups excluding carboxylic acids is 3. The summed E-state index contributed by atoms with van der Waals surface area (Å²) in [5.74, 6) is -1.30.